The van der Waals surface area contributed by atoms with Gasteiger partial charge in [-0.3, -0.25) is 0 Å². The molecular weight excluding hydrogens is 208 g/mol. The Hall–Kier alpha value is -1.13. The van der Waals surface area contributed by atoms with Crippen molar-refractivity contribution in [3.05, 3.63) is 23.0 Å². The summed E-state index contributed by atoms with van der Waals surface area (Å²) in [6, 6.07) is 0. The fourth-order valence-corrected chi connectivity index (χ4v) is 1.92. The Balaban J connectivity index is 2.15. The fraction of sp³-hybridized carbons (Fsp3) is 0.583. The van der Waals surface area contributed by atoms with Gasteiger partial charge in [-0.25, -0.2) is 4.79 Å². The predicted octanol–water partition coefficient (Wildman–Crippen LogP) is 1.92. The standard InChI is InChI=1S/C12H16O4/c1-3-9-5-8-6-11(14-4-2)15-7-10(8)12(13)16-9/h3,11H,4-7H2,1-2H3/b9-3-. The van der Waals surface area contributed by atoms with E-state index in [0.29, 0.717) is 31.6 Å². The Kier molecular flexibility index (Phi) is 3.41. The summed E-state index contributed by atoms with van der Waals surface area (Å²) in [6.07, 6.45) is 2.97. The van der Waals surface area contributed by atoms with E-state index in [1.165, 1.54) is 0 Å². The summed E-state index contributed by atoms with van der Waals surface area (Å²) in [6.45, 7) is 4.72. The molecule has 0 fully saturated rings. The molecule has 0 saturated heterocycles. The average Bonchev–Trinajstić information content (AvgIpc) is 2.29. The second-order valence-electron chi connectivity index (χ2n) is 3.80. The van der Waals surface area contributed by atoms with Crippen molar-refractivity contribution in [3.8, 4) is 0 Å². The molecule has 4 heteroatoms. The molecule has 0 aromatic carbocycles. The number of carbonyl (C=O) groups is 1. The minimum absolute atomic E-state index is 0.215. The van der Waals surface area contributed by atoms with Crippen LogP contribution >= 0.6 is 0 Å². The summed E-state index contributed by atoms with van der Waals surface area (Å²) in [7, 11) is 0. The van der Waals surface area contributed by atoms with Crippen LogP contribution in [-0.4, -0.2) is 25.5 Å². The molecule has 0 bridgehead atoms. The molecule has 2 aliphatic heterocycles. The number of carbonyl (C=O) groups excluding carboxylic acids is 1. The topological polar surface area (TPSA) is 44.8 Å². The van der Waals surface area contributed by atoms with E-state index in [4.69, 9.17) is 14.2 Å². The van der Waals surface area contributed by atoms with Gasteiger partial charge in [0, 0.05) is 19.4 Å². The van der Waals surface area contributed by atoms with Crippen molar-refractivity contribution in [2.24, 2.45) is 0 Å². The van der Waals surface area contributed by atoms with Crippen LogP contribution in [0.25, 0.3) is 0 Å². The van der Waals surface area contributed by atoms with E-state index in [-0.39, 0.29) is 12.3 Å². The van der Waals surface area contributed by atoms with Crippen LogP contribution in [0.2, 0.25) is 0 Å². The molecule has 16 heavy (non-hydrogen) atoms. The van der Waals surface area contributed by atoms with E-state index >= 15 is 0 Å². The second kappa shape index (κ2) is 4.80. The highest BCUT2D eigenvalue weighted by Crippen LogP contribution is 2.32. The van der Waals surface area contributed by atoms with Crippen molar-refractivity contribution in [2.75, 3.05) is 13.2 Å². The summed E-state index contributed by atoms with van der Waals surface area (Å²) >= 11 is 0. The van der Waals surface area contributed by atoms with E-state index < -0.39 is 0 Å². The summed E-state index contributed by atoms with van der Waals surface area (Å²) in [5.74, 6) is 0.449. The van der Waals surface area contributed by atoms with Gasteiger partial charge in [-0.2, -0.15) is 0 Å². The summed E-state index contributed by atoms with van der Waals surface area (Å²) in [5.41, 5.74) is 1.76. The molecule has 2 aliphatic rings. The van der Waals surface area contributed by atoms with Gasteiger partial charge in [0.05, 0.1) is 12.2 Å². The Morgan fingerprint density at radius 3 is 3.06 bits per heavy atom. The zero-order valence-electron chi connectivity index (χ0n) is 9.62. The van der Waals surface area contributed by atoms with Gasteiger partial charge < -0.3 is 14.2 Å². The van der Waals surface area contributed by atoms with Gasteiger partial charge in [-0.05, 0) is 25.5 Å². The molecule has 0 spiro atoms. The van der Waals surface area contributed by atoms with Crippen molar-refractivity contribution in [3.63, 3.8) is 0 Å². The Labute approximate surface area is 94.9 Å². The first kappa shape index (κ1) is 11.4. The number of allylic oxidation sites excluding steroid dienone is 2. The van der Waals surface area contributed by atoms with Gasteiger partial charge >= 0.3 is 5.97 Å². The molecule has 1 atom stereocenters. The Morgan fingerprint density at radius 2 is 2.38 bits per heavy atom. The highest BCUT2D eigenvalue weighted by atomic mass is 16.7. The highest BCUT2D eigenvalue weighted by molar-refractivity contribution is 5.91. The number of ether oxygens (including phenoxy) is 3. The fourth-order valence-electron chi connectivity index (χ4n) is 1.92. The van der Waals surface area contributed by atoms with Crippen LogP contribution in [-0.2, 0) is 19.0 Å². The predicted molar refractivity (Wildman–Crippen MR) is 57.5 cm³/mol. The average molecular weight is 224 g/mol. The minimum atomic E-state index is -0.274. The van der Waals surface area contributed by atoms with Crippen LogP contribution in [0.5, 0.6) is 0 Å². The molecule has 0 saturated carbocycles. The number of esters is 1. The molecule has 0 aliphatic carbocycles. The number of rotatable bonds is 2. The Bertz CT molecular complexity index is 354. The zero-order valence-corrected chi connectivity index (χ0v) is 9.62. The summed E-state index contributed by atoms with van der Waals surface area (Å²) in [5, 5.41) is 0. The Morgan fingerprint density at radius 1 is 1.56 bits per heavy atom. The SMILES string of the molecule is C/C=C1/CC2=C(COC(OCC)C2)C(=O)O1. The van der Waals surface area contributed by atoms with Gasteiger partial charge in [0.15, 0.2) is 6.29 Å². The zero-order chi connectivity index (χ0) is 11.5. The van der Waals surface area contributed by atoms with Crippen LogP contribution in [0.3, 0.4) is 0 Å². The molecule has 1 unspecified atom stereocenters. The third kappa shape index (κ3) is 2.18. The van der Waals surface area contributed by atoms with Gasteiger partial charge in [0.2, 0.25) is 0 Å². The second-order valence-corrected chi connectivity index (χ2v) is 3.80. The molecule has 0 aromatic rings. The van der Waals surface area contributed by atoms with Crippen molar-refractivity contribution in [1.29, 1.82) is 0 Å². The van der Waals surface area contributed by atoms with Crippen LogP contribution in [0.1, 0.15) is 26.7 Å². The van der Waals surface area contributed by atoms with Crippen molar-refractivity contribution < 1.29 is 19.0 Å². The molecule has 2 heterocycles. The number of cyclic esters (lactones) is 1. The normalized spacial score (nSPS) is 28.0. The van der Waals surface area contributed by atoms with E-state index in [2.05, 4.69) is 0 Å². The van der Waals surface area contributed by atoms with E-state index in [1.807, 2.05) is 19.9 Å². The van der Waals surface area contributed by atoms with Gasteiger partial charge in [0.1, 0.15) is 5.76 Å². The molecular formula is C12H16O4. The molecule has 88 valence electrons. The monoisotopic (exact) mass is 224 g/mol. The molecule has 0 amide bonds. The molecule has 0 aromatic heterocycles. The number of hydrogen-bond donors (Lipinski definition) is 0. The lowest BCUT2D eigenvalue weighted by atomic mass is 9.96. The quantitative estimate of drug-likeness (QED) is 0.672. The first-order valence-electron chi connectivity index (χ1n) is 5.56. The van der Waals surface area contributed by atoms with E-state index in [1.54, 1.807) is 0 Å². The van der Waals surface area contributed by atoms with E-state index in [0.717, 1.165) is 11.3 Å². The summed E-state index contributed by atoms with van der Waals surface area (Å²) in [4.78, 5) is 11.6. The van der Waals surface area contributed by atoms with Crippen LogP contribution in [0.4, 0.5) is 0 Å². The van der Waals surface area contributed by atoms with Crippen LogP contribution < -0.4 is 0 Å². The molecule has 4 nitrogen and oxygen atoms in total. The van der Waals surface area contributed by atoms with Crippen molar-refractivity contribution in [2.45, 2.75) is 33.0 Å². The van der Waals surface area contributed by atoms with Gasteiger partial charge in [0.25, 0.3) is 0 Å². The molecule has 0 radical (unpaired) electrons. The van der Waals surface area contributed by atoms with Crippen LogP contribution in [0.15, 0.2) is 23.0 Å². The first-order chi connectivity index (χ1) is 7.74. The number of hydrogen-bond acceptors (Lipinski definition) is 4. The van der Waals surface area contributed by atoms with Gasteiger partial charge in [-0.1, -0.05) is 0 Å². The lowest BCUT2D eigenvalue weighted by Crippen LogP contribution is -2.31. The van der Waals surface area contributed by atoms with Crippen molar-refractivity contribution in [1.82, 2.24) is 0 Å². The molecule has 0 N–H and O–H groups in total. The third-order valence-electron chi connectivity index (χ3n) is 2.79. The highest BCUT2D eigenvalue weighted by Gasteiger charge is 2.31. The third-order valence-corrected chi connectivity index (χ3v) is 2.79. The molecule has 2 rings (SSSR count). The summed E-state index contributed by atoms with van der Waals surface area (Å²) < 4.78 is 16.0. The van der Waals surface area contributed by atoms with E-state index in [9.17, 15) is 4.79 Å². The maximum atomic E-state index is 11.6. The maximum absolute atomic E-state index is 11.6. The van der Waals surface area contributed by atoms with Crippen molar-refractivity contribution >= 4 is 5.97 Å². The van der Waals surface area contributed by atoms with Gasteiger partial charge in [-0.15, -0.1) is 0 Å². The first-order valence-corrected chi connectivity index (χ1v) is 5.56. The lowest BCUT2D eigenvalue weighted by Gasteiger charge is -2.30. The lowest BCUT2D eigenvalue weighted by molar-refractivity contribution is -0.151. The largest absolute Gasteiger partial charge is 0.428 e. The minimum Gasteiger partial charge on any atom is -0.428 e. The van der Waals surface area contributed by atoms with Crippen LogP contribution in [0, 0.1) is 0 Å². The smallest absolute Gasteiger partial charge is 0.341 e. The maximum Gasteiger partial charge on any atom is 0.341 e.